The van der Waals surface area contributed by atoms with Crippen LogP contribution in [0.2, 0.25) is 0 Å². The molecule has 4 aromatic heterocycles. The van der Waals surface area contributed by atoms with Gasteiger partial charge in [-0.1, -0.05) is 170 Å². The lowest BCUT2D eigenvalue weighted by Gasteiger charge is -2.37. The molecule has 0 radical (unpaired) electrons. The van der Waals surface area contributed by atoms with Gasteiger partial charge < -0.3 is 27.5 Å². The Morgan fingerprint density at radius 1 is 0.405 bits per heavy atom. The third kappa shape index (κ3) is 5.69. The van der Waals surface area contributed by atoms with Crippen LogP contribution < -0.4 is 9.80 Å². The standard InChI is InChI=1S/C73H46N2O4/c1-3-21-43(22-4-1)74(57-35-19-31-49-47-27-9-15-37-61(47)76-69(49)57)59-41-55-67(71-65(59)51-29-11-17-39-63(51)78-71)68-56(73(55)53-33-13-7-25-45(53)46-26-8-14-34-54(46)73)42-60(66-52-30-12-18-40-64(52)79-72(66)68)75(44-23-5-2-6-24-44)58-36-20-32-50-48-28-10-16-38-62(48)77-70(50)58/h1-11,13-29,31-42,45,53H,12,30H2. The van der Waals surface area contributed by atoms with Gasteiger partial charge in [-0.15, -0.1) is 0 Å². The largest absolute Gasteiger partial charge is 0.456 e. The van der Waals surface area contributed by atoms with Gasteiger partial charge in [-0.05, 0) is 108 Å². The van der Waals surface area contributed by atoms with Crippen LogP contribution >= 0.6 is 0 Å². The van der Waals surface area contributed by atoms with Crippen molar-refractivity contribution in [3.8, 4) is 11.1 Å². The number of anilines is 6. The quantitative estimate of drug-likeness (QED) is 0.165. The highest BCUT2D eigenvalue weighted by atomic mass is 16.3. The van der Waals surface area contributed by atoms with E-state index >= 15 is 0 Å². The minimum Gasteiger partial charge on any atom is -0.456 e. The van der Waals surface area contributed by atoms with E-state index in [1.165, 1.54) is 27.8 Å². The second-order valence-electron chi connectivity index (χ2n) is 21.6. The maximum absolute atomic E-state index is 7.60. The van der Waals surface area contributed by atoms with E-state index in [0.717, 1.165) is 141 Å². The lowest BCUT2D eigenvalue weighted by Crippen LogP contribution is -2.33. The molecule has 4 heterocycles. The average molecular weight is 1020 g/mol. The molecule has 6 nitrogen and oxygen atoms in total. The molecule has 0 saturated carbocycles. The zero-order valence-electron chi connectivity index (χ0n) is 42.7. The fraction of sp³-hybridized carbons (Fsp3) is 0.0685. The number of fused-ring (bicyclic) bond motifs is 24. The van der Waals surface area contributed by atoms with Crippen LogP contribution in [0.15, 0.2) is 254 Å². The lowest BCUT2D eigenvalue weighted by molar-refractivity contribution is 0.465. The summed E-state index contributed by atoms with van der Waals surface area (Å²) in [5.74, 6) is 0.961. The van der Waals surface area contributed by atoms with Crippen molar-refractivity contribution in [3.63, 3.8) is 0 Å². The van der Waals surface area contributed by atoms with E-state index in [-0.39, 0.29) is 11.8 Å². The molecule has 0 aliphatic heterocycles. The van der Waals surface area contributed by atoms with Gasteiger partial charge in [0.25, 0.3) is 0 Å². The van der Waals surface area contributed by atoms with Crippen molar-refractivity contribution in [3.05, 3.63) is 270 Å². The van der Waals surface area contributed by atoms with Gasteiger partial charge in [0.15, 0.2) is 11.2 Å². The number of para-hydroxylation sites is 7. The van der Waals surface area contributed by atoms with Crippen molar-refractivity contribution >= 4 is 117 Å². The van der Waals surface area contributed by atoms with E-state index in [1.54, 1.807) is 0 Å². The van der Waals surface area contributed by atoms with Gasteiger partial charge in [0, 0.05) is 72.2 Å². The summed E-state index contributed by atoms with van der Waals surface area (Å²) >= 11 is 0. The molecule has 0 saturated heterocycles. The number of allylic oxidation sites excluding steroid dienone is 5. The maximum Gasteiger partial charge on any atom is 0.159 e. The molecule has 14 aromatic rings. The first-order valence-corrected chi connectivity index (χ1v) is 27.5. The van der Waals surface area contributed by atoms with Crippen LogP contribution in [0.5, 0.6) is 0 Å². The zero-order valence-corrected chi connectivity index (χ0v) is 42.7. The van der Waals surface area contributed by atoms with E-state index in [1.807, 2.05) is 6.07 Å². The maximum atomic E-state index is 7.60. The Kier molecular flexibility index (Phi) is 8.73. The van der Waals surface area contributed by atoms with Crippen molar-refractivity contribution in [2.45, 2.75) is 24.2 Å². The highest BCUT2D eigenvalue weighted by molar-refractivity contribution is 6.24. The number of furan rings is 4. The predicted molar refractivity (Wildman–Crippen MR) is 321 cm³/mol. The number of hydrogen-bond acceptors (Lipinski definition) is 6. The fourth-order valence-corrected chi connectivity index (χ4v) is 14.7. The zero-order chi connectivity index (χ0) is 51.5. The van der Waals surface area contributed by atoms with Crippen molar-refractivity contribution in [2.75, 3.05) is 9.80 Å². The molecular weight excluding hydrogens is 969 g/mol. The topological polar surface area (TPSA) is 59.0 Å². The van der Waals surface area contributed by atoms with Gasteiger partial charge in [0.1, 0.15) is 33.7 Å². The van der Waals surface area contributed by atoms with Crippen LogP contribution in [0.25, 0.3) is 94.0 Å². The summed E-state index contributed by atoms with van der Waals surface area (Å²) in [6.45, 7) is 0. The lowest BCUT2D eigenvalue weighted by atomic mass is 9.65. The second kappa shape index (κ2) is 16.0. The molecule has 0 amide bonds. The number of benzene rings is 10. The fourth-order valence-electron chi connectivity index (χ4n) is 14.7. The summed E-state index contributed by atoms with van der Waals surface area (Å²) in [4.78, 5) is 4.86. The molecule has 6 heteroatoms. The van der Waals surface area contributed by atoms with E-state index in [0.29, 0.717) is 0 Å². The molecule has 0 fully saturated rings. The molecule has 0 N–H and O–H groups in total. The SMILES string of the molecule is C1=CC2c3ccccc3C3(c4cc(N(c5ccccc5)c5cccc6c5oc5ccccc56)c5c6c(oc5c4-c4c3cc(N(c3ccccc3)c3cccc5c3oc3ccccc35)c3c4oc4ccccc43)C=CCC6)C2C=C1. The summed E-state index contributed by atoms with van der Waals surface area (Å²) in [5, 5.41) is 7.44. The summed E-state index contributed by atoms with van der Waals surface area (Å²) in [6.07, 6.45) is 15.6. The first-order chi connectivity index (χ1) is 39.2. The Balaban J connectivity index is 1.03. The molecule has 3 atom stereocenters. The van der Waals surface area contributed by atoms with Gasteiger partial charge in [-0.25, -0.2) is 0 Å². The number of rotatable bonds is 6. The van der Waals surface area contributed by atoms with Gasteiger partial charge in [-0.2, -0.15) is 0 Å². The Morgan fingerprint density at radius 2 is 0.911 bits per heavy atom. The van der Waals surface area contributed by atoms with Crippen LogP contribution in [0.4, 0.5) is 34.1 Å². The van der Waals surface area contributed by atoms with Crippen LogP contribution in [0, 0.1) is 5.92 Å². The number of aryl methyl sites for hydroxylation is 1. The van der Waals surface area contributed by atoms with Crippen LogP contribution in [0.1, 0.15) is 45.9 Å². The molecule has 18 rings (SSSR count). The Labute approximate surface area is 453 Å². The Bertz CT molecular complexity index is 5010. The molecule has 372 valence electrons. The Hall–Kier alpha value is -10.0. The van der Waals surface area contributed by atoms with Gasteiger partial charge in [0.05, 0.1) is 33.6 Å². The molecule has 1 spiro atoms. The third-order valence-electron chi connectivity index (χ3n) is 17.8. The predicted octanol–water partition coefficient (Wildman–Crippen LogP) is 20.2. The molecule has 4 aliphatic carbocycles. The molecule has 0 bridgehead atoms. The van der Waals surface area contributed by atoms with Crippen molar-refractivity contribution in [2.24, 2.45) is 5.92 Å². The van der Waals surface area contributed by atoms with Crippen molar-refractivity contribution in [1.82, 2.24) is 0 Å². The number of nitrogens with zero attached hydrogens (tertiary/aromatic N) is 2. The van der Waals surface area contributed by atoms with Crippen LogP contribution in [0.3, 0.4) is 0 Å². The minimum atomic E-state index is -0.747. The number of hydrogen-bond donors (Lipinski definition) is 0. The van der Waals surface area contributed by atoms with E-state index < -0.39 is 5.41 Å². The molecule has 10 aromatic carbocycles. The monoisotopic (exact) mass is 1010 g/mol. The summed E-state index contributed by atoms with van der Waals surface area (Å²) in [7, 11) is 0. The van der Waals surface area contributed by atoms with Gasteiger partial charge >= 0.3 is 0 Å². The van der Waals surface area contributed by atoms with Gasteiger partial charge in [-0.3, -0.25) is 0 Å². The molecule has 3 unspecified atom stereocenters. The summed E-state index contributed by atoms with van der Waals surface area (Å²) in [5.41, 5.74) is 19.4. The first kappa shape index (κ1) is 43.1. The normalized spacial score (nSPS) is 17.7. The smallest absolute Gasteiger partial charge is 0.159 e. The van der Waals surface area contributed by atoms with E-state index in [4.69, 9.17) is 17.7 Å². The highest BCUT2D eigenvalue weighted by Crippen LogP contribution is 2.70. The summed E-state index contributed by atoms with van der Waals surface area (Å²) in [6, 6.07) is 74.2. The van der Waals surface area contributed by atoms with E-state index in [2.05, 4.69) is 246 Å². The van der Waals surface area contributed by atoms with Crippen LogP contribution in [-0.4, -0.2) is 0 Å². The average Bonchev–Trinajstić information content (AvgIpc) is 4.14. The summed E-state index contributed by atoms with van der Waals surface area (Å²) < 4.78 is 29.1. The van der Waals surface area contributed by atoms with Gasteiger partial charge in [0.2, 0.25) is 0 Å². The van der Waals surface area contributed by atoms with E-state index in [9.17, 15) is 0 Å². The van der Waals surface area contributed by atoms with Crippen molar-refractivity contribution < 1.29 is 17.7 Å². The highest BCUT2D eigenvalue weighted by Gasteiger charge is 2.59. The molecule has 4 aliphatic rings. The second-order valence-corrected chi connectivity index (χ2v) is 21.6. The van der Waals surface area contributed by atoms with Crippen LogP contribution in [-0.2, 0) is 11.8 Å². The van der Waals surface area contributed by atoms with Crippen molar-refractivity contribution in [1.29, 1.82) is 0 Å². The minimum absolute atomic E-state index is 0.0210. The molecule has 79 heavy (non-hydrogen) atoms. The third-order valence-corrected chi connectivity index (χ3v) is 17.8. The first-order valence-electron chi connectivity index (χ1n) is 27.5. The molecular formula is C73H46N2O4. The Morgan fingerprint density at radius 3 is 1.56 bits per heavy atom.